The van der Waals surface area contributed by atoms with E-state index < -0.39 is 26.6 Å². The van der Waals surface area contributed by atoms with Crippen molar-refractivity contribution < 1.29 is 23.4 Å². The highest BCUT2D eigenvalue weighted by Crippen LogP contribution is 2.39. The summed E-state index contributed by atoms with van der Waals surface area (Å²) in [5.74, 6) is 0. The molecule has 0 amide bonds. The minimum absolute atomic E-state index is 0.337. The highest BCUT2D eigenvalue weighted by Gasteiger charge is 2.49. The maximum atomic E-state index is 7.06. The highest BCUT2D eigenvalue weighted by molar-refractivity contribution is 7.99. The average Bonchev–Trinajstić information content (AvgIpc) is 3.12. The van der Waals surface area contributed by atoms with Crippen LogP contribution in [0.3, 0.4) is 0 Å². The predicted molar refractivity (Wildman–Crippen MR) is 194 cm³/mol. The van der Waals surface area contributed by atoms with Gasteiger partial charge in [-0.1, -0.05) is 141 Å². The van der Waals surface area contributed by atoms with E-state index in [0.29, 0.717) is 26.4 Å². The highest BCUT2D eigenvalue weighted by atomic mass is 32.2. The van der Waals surface area contributed by atoms with E-state index in [1.165, 1.54) is 5.56 Å². The third-order valence-electron chi connectivity index (χ3n) is 9.21. The molecule has 1 aliphatic rings. The smallest absolute Gasteiger partial charge is 0.192 e. The maximum absolute atomic E-state index is 7.06. The van der Waals surface area contributed by atoms with Gasteiger partial charge in [-0.15, -0.1) is 0 Å². The molecule has 250 valence electrons. The first-order valence-electron chi connectivity index (χ1n) is 17.0. The van der Waals surface area contributed by atoms with Crippen molar-refractivity contribution in [1.82, 2.24) is 0 Å². The van der Waals surface area contributed by atoms with Crippen molar-refractivity contribution >= 4 is 20.1 Å². The summed E-state index contributed by atoms with van der Waals surface area (Å²) in [7, 11) is -1.90. The predicted octanol–water partition coefficient (Wildman–Crippen LogP) is 9.59. The monoisotopic (exact) mass is 670 g/mol. The Labute approximate surface area is 287 Å². The van der Waals surface area contributed by atoms with Gasteiger partial charge in [0.15, 0.2) is 8.32 Å². The van der Waals surface area contributed by atoms with Gasteiger partial charge in [-0.3, -0.25) is 0 Å². The van der Waals surface area contributed by atoms with Gasteiger partial charge in [0.05, 0.1) is 26.4 Å². The number of aryl methyl sites for hydroxylation is 1. The molecule has 0 N–H and O–H groups in total. The molecule has 0 aromatic heterocycles. The van der Waals surface area contributed by atoms with Crippen LogP contribution in [-0.2, 0) is 43.2 Å². The van der Waals surface area contributed by atoms with E-state index in [4.69, 9.17) is 23.4 Å². The zero-order valence-corrected chi connectivity index (χ0v) is 30.1. The van der Waals surface area contributed by atoms with Gasteiger partial charge in [0.1, 0.15) is 29.9 Å². The largest absolute Gasteiger partial charge is 0.414 e. The molecule has 1 heterocycles. The van der Waals surface area contributed by atoms with E-state index in [1.54, 1.807) is 11.8 Å². The SMILES string of the molecule is CC[Si](CC)(CC)OC[C@H]1O[C@@H](Sc2ccc(C)cc2)[C@H](OCc2ccccc2)[C@@H](OCc2ccccc2)[C@H]1OCc1ccccc1. The minimum atomic E-state index is -1.90. The molecule has 4 aromatic carbocycles. The molecule has 0 saturated carbocycles. The van der Waals surface area contributed by atoms with Gasteiger partial charge in [-0.2, -0.15) is 0 Å². The van der Waals surface area contributed by atoms with E-state index in [0.717, 1.165) is 39.7 Å². The zero-order chi connectivity index (χ0) is 32.9. The third kappa shape index (κ3) is 10.1. The Kier molecular flexibility index (Phi) is 13.7. The fraction of sp³-hybridized carbons (Fsp3) is 0.400. The first-order chi connectivity index (χ1) is 23.0. The second-order valence-corrected chi connectivity index (χ2v) is 18.3. The summed E-state index contributed by atoms with van der Waals surface area (Å²) >= 11 is 1.69. The molecule has 0 radical (unpaired) electrons. The summed E-state index contributed by atoms with van der Waals surface area (Å²) in [6, 6.07) is 42.7. The molecular weight excluding hydrogens is 621 g/mol. The molecule has 1 fully saturated rings. The summed E-state index contributed by atoms with van der Waals surface area (Å²) in [5.41, 5.74) is 4.19. The van der Waals surface area contributed by atoms with Crippen LogP contribution in [0.5, 0.6) is 0 Å². The van der Waals surface area contributed by atoms with Gasteiger partial charge in [0, 0.05) is 4.90 Å². The fourth-order valence-electron chi connectivity index (χ4n) is 6.04. The van der Waals surface area contributed by atoms with Crippen LogP contribution in [0.25, 0.3) is 0 Å². The summed E-state index contributed by atoms with van der Waals surface area (Å²) in [6.45, 7) is 10.7. The first-order valence-corrected chi connectivity index (χ1v) is 20.4. The molecule has 47 heavy (non-hydrogen) atoms. The van der Waals surface area contributed by atoms with Crippen LogP contribution in [0.4, 0.5) is 0 Å². The molecule has 0 bridgehead atoms. The molecule has 0 spiro atoms. The molecule has 5 rings (SSSR count). The molecular formula is C40H50O5SSi. The normalized spacial score (nSPS) is 21.5. The lowest BCUT2D eigenvalue weighted by Crippen LogP contribution is -2.61. The van der Waals surface area contributed by atoms with Crippen LogP contribution >= 0.6 is 11.8 Å². The first kappa shape index (κ1) is 35.6. The molecule has 4 aromatic rings. The van der Waals surface area contributed by atoms with Crippen molar-refractivity contribution in [2.24, 2.45) is 0 Å². The minimum Gasteiger partial charge on any atom is -0.414 e. The lowest BCUT2D eigenvalue weighted by molar-refractivity contribution is -0.251. The lowest BCUT2D eigenvalue weighted by Gasteiger charge is -2.46. The van der Waals surface area contributed by atoms with Gasteiger partial charge in [0.2, 0.25) is 0 Å². The van der Waals surface area contributed by atoms with Gasteiger partial charge in [-0.05, 0) is 53.9 Å². The standard InChI is InChI=1S/C40H50O5SSi/c1-5-47(6-2,7-3)44-30-36-37(41-27-32-17-11-8-12-18-32)38(42-28-33-19-13-9-14-20-33)39(43-29-34-21-15-10-16-22-34)40(45-36)46-35-25-23-31(4)24-26-35/h8-26,36-40H,5-7,27-30H2,1-4H3/t36-,37+,38+,39-,40+/m1/s1. The number of thioether (sulfide) groups is 1. The summed E-state index contributed by atoms with van der Waals surface area (Å²) in [5, 5.41) is 0. The van der Waals surface area contributed by atoms with E-state index in [1.807, 2.05) is 54.6 Å². The lowest BCUT2D eigenvalue weighted by atomic mass is 9.99. The summed E-state index contributed by atoms with van der Waals surface area (Å²) < 4.78 is 34.6. The van der Waals surface area contributed by atoms with E-state index in [-0.39, 0.29) is 11.5 Å². The van der Waals surface area contributed by atoms with Crippen LogP contribution in [0, 0.1) is 6.92 Å². The number of ether oxygens (including phenoxy) is 4. The second-order valence-electron chi connectivity index (χ2n) is 12.3. The molecule has 7 heteroatoms. The topological polar surface area (TPSA) is 46.2 Å². The van der Waals surface area contributed by atoms with Crippen LogP contribution in [0.1, 0.15) is 43.0 Å². The van der Waals surface area contributed by atoms with Crippen molar-refractivity contribution in [2.75, 3.05) is 6.61 Å². The molecule has 1 saturated heterocycles. The van der Waals surface area contributed by atoms with Crippen LogP contribution in [0.2, 0.25) is 18.1 Å². The van der Waals surface area contributed by atoms with E-state index in [2.05, 4.69) is 88.4 Å². The number of hydrogen-bond acceptors (Lipinski definition) is 6. The van der Waals surface area contributed by atoms with Crippen molar-refractivity contribution in [1.29, 1.82) is 0 Å². The Bertz CT molecular complexity index is 1430. The molecule has 1 aliphatic heterocycles. The van der Waals surface area contributed by atoms with E-state index >= 15 is 0 Å². The van der Waals surface area contributed by atoms with Crippen molar-refractivity contribution in [3.63, 3.8) is 0 Å². The fourth-order valence-corrected chi connectivity index (χ4v) is 9.80. The van der Waals surface area contributed by atoms with E-state index in [9.17, 15) is 0 Å². The Hall–Kier alpha value is -2.75. The van der Waals surface area contributed by atoms with Gasteiger partial charge >= 0.3 is 0 Å². The molecule has 5 atom stereocenters. The number of benzene rings is 4. The zero-order valence-electron chi connectivity index (χ0n) is 28.3. The van der Waals surface area contributed by atoms with Crippen LogP contribution in [-0.4, -0.2) is 44.8 Å². The van der Waals surface area contributed by atoms with Gasteiger partial charge in [-0.25, -0.2) is 0 Å². The summed E-state index contributed by atoms with van der Waals surface area (Å²) in [4.78, 5) is 1.12. The van der Waals surface area contributed by atoms with Gasteiger partial charge < -0.3 is 23.4 Å². The summed E-state index contributed by atoms with van der Waals surface area (Å²) in [6.07, 6.45) is -1.57. The Morgan fingerprint density at radius 2 is 1.02 bits per heavy atom. The van der Waals surface area contributed by atoms with Crippen molar-refractivity contribution in [3.05, 3.63) is 138 Å². The van der Waals surface area contributed by atoms with Gasteiger partial charge in [0.25, 0.3) is 0 Å². The number of rotatable bonds is 17. The van der Waals surface area contributed by atoms with Crippen molar-refractivity contribution in [2.45, 2.75) is 100 Å². The maximum Gasteiger partial charge on any atom is 0.192 e. The van der Waals surface area contributed by atoms with Crippen molar-refractivity contribution in [3.8, 4) is 0 Å². The second kappa shape index (κ2) is 18.1. The Morgan fingerprint density at radius 3 is 1.49 bits per heavy atom. The quantitative estimate of drug-likeness (QED) is 0.104. The Morgan fingerprint density at radius 1 is 0.574 bits per heavy atom. The third-order valence-corrected chi connectivity index (χ3v) is 15.0. The Balaban J connectivity index is 1.51. The molecule has 0 aliphatic carbocycles. The van der Waals surface area contributed by atoms with Crippen LogP contribution < -0.4 is 0 Å². The molecule has 5 nitrogen and oxygen atoms in total. The number of hydrogen-bond donors (Lipinski definition) is 0. The average molecular weight is 671 g/mol. The molecule has 0 unspecified atom stereocenters. The van der Waals surface area contributed by atoms with Crippen LogP contribution in [0.15, 0.2) is 120 Å².